The first-order valence-electron chi connectivity index (χ1n) is 3.78. The Bertz CT molecular complexity index is 132. The zero-order valence-corrected chi connectivity index (χ0v) is 10.0. The molecule has 0 N–H and O–H groups in total. The van der Waals surface area contributed by atoms with E-state index in [1.54, 1.807) is 0 Å². The van der Waals surface area contributed by atoms with Crippen LogP contribution in [0.25, 0.3) is 0 Å². The van der Waals surface area contributed by atoms with Gasteiger partial charge in [0.05, 0.1) is 0 Å². The summed E-state index contributed by atoms with van der Waals surface area (Å²) in [7, 11) is 0. The van der Waals surface area contributed by atoms with Crippen molar-refractivity contribution in [2.24, 2.45) is 5.92 Å². The molecule has 2 nitrogen and oxygen atoms in total. The van der Waals surface area contributed by atoms with Gasteiger partial charge >= 0.3 is 29.6 Å². The van der Waals surface area contributed by atoms with E-state index in [0.29, 0.717) is 0 Å². The quantitative estimate of drug-likeness (QED) is 0.365. The van der Waals surface area contributed by atoms with Gasteiger partial charge in [-0.05, 0) is 31.6 Å². The predicted molar refractivity (Wildman–Crippen MR) is 40.3 cm³/mol. The van der Waals surface area contributed by atoms with Crippen LogP contribution in [0.2, 0.25) is 0 Å². The van der Waals surface area contributed by atoms with Crippen LogP contribution < -0.4 is 29.6 Å². The van der Waals surface area contributed by atoms with Crippen molar-refractivity contribution in [3.8, 4) is 0 Å². The minimum atomic E-state index is -1.82. The van der Waals surface area contributed by atoms with Crippen molar-refractivity contribution in [3.63, 3.8) is 0 Å². The van der Waals surface area contributed by atoms with Crippen LogP contribution in [-0.4, -0.2) is 14.0 Å². The second-order valence-electron chi connectivity index (χ2n) is 3.14. The summed E-state index contributed by atoms with van der Waals surface area (Å²) in [5, 5.41) is -0.0452. The summed E-state index contributed by atoms with van der Waals surface area (Å²) < 4.78 is 20.9. The molecule has 1 rings (SSSR count). The molecule has 1 aliphatic carbocycles. The van der Waals surface area contributed by atoms with Gasteiger partial charge in [-0.3, -0.25) is 4.21 Å². The van der Waals surface area contributed by atoms with E-state index in [9.17, 15) is 8.76 Å². The first-order valence-corrected chi connectivity index (χ1v) is 4.92. The Kier molecular flexibility index (Phi) is 6.28. The summed E-state index contributed by atoms with van der Waals surface area (Å²) in [4.78, 5) is 0. The molecule has 0 aromatic rings. The third-order valence-electron chi connectivity index (χ3n) is 2.24. The first kappa shape index (κ1) is 12.1. The van der Waals surface area contributed by atoms with Crippen LogP contribution in [-0.2, 0) is 11.1 Å². The SMILES string of the molecule is CC1CCC(S(=O)[O-])CC1.[Na+]. The van der Waals surface area contributed by atoms with Gasteiger partial charge in [-0.1, -0.05) is 18.0 Å². The second kappa shape index (κ2) is 5.70. The molecule has 1 saturated carbocycles. The fourth-order valence-corrected chi connectivity index (χ4v) is 2.08. The van der Waals surface area contributed by atoms with E-state index in [1.165, 1.54) is 0 Å². The average molecular weight is 184 g/mol. The Morgan fingerprint density at radius 1 is 1.27 bits per heavy atom. The van der Waals surface area contributed by atoms with Gasteiger partial charge in [0.2, 0.25) is 0 Å². The molecule has 1 fully saturated rings. The van der Waals surface area contributed by atoms with Crippen molar-refractivity contribution in [1.82, 2.24) is 0 Å². The van der Waals surface area contributed by atoms with Gasteiger partial charge in [0, 0.05) is 5.25 Å². The Hall–Kier alpha value is 1.11. The van der Waals surface area contributed by atoms with Crippen molar-refractivity contribution < 1.29 is 38.3 Å². The van der Waals surface area contributed by atoms with Crippen molar-refractivity contribution >= 4 is 11.1 Å². The third kappa shape index (κ3) is 4.04. The average Bonchev–Trinajstić information content (AvgIpc) is 1.88. The maximum Gasteiger partial charge on any atom is 1.00 e. The fraction of sp³-hybridized carbons (Fsp3) is 1.00. The molecule has 1 aliphatic rings. The van der Waals surface area contributed by atoms with E-state index in [1.807, 2.05) is 0 Å². The van der Waals surface area contributed by atoms with Crippen LogP contribution in [0.1, 0.15) is 32.6 Å². The molecular weight excluding hydrogens is 171 g/mol. The largest absolute Gasteiger partial charge is 1.00 e. The van der Waals surface area contributed by atoms with Gasteiger partial charge in [-0.25, -0.2) is 0 Å². The molecule has 0 amide bonds. The van der Waals surface area contributed by atoms with Gasteiger partial charge in [-0.2, -0.15) is 0 Å². The predicted octanol–water partition coefficient (Wildman–Crippen LogP) is -1.55. The minimum Gasteiger partial charge on any atom is -0.772 e. The molecule has 0 bridgehead atoms. The summed E-state index contributed by atoms with van der Waals surface area (Å²) in [5.41, 5.74) is 0. The summed E-state index contributed by atoms with van der Waals surface area (Å²) in [6, 6.07) is 0. The zero-order valence-electron chi connectivity index (χ0n) is 7.21. The normalized spacial score (nSPS) is 34.0. The summed E-state index contributed by atoms with van der Waals surface area (Å²) >= 11 is -1.82. The van der Waals surface area contributed by atoms with Crippen LogP contribution in [0, 0.1) is 5.92 Å². The smallest absolute Gasteiger partial charge is 0.772 e. The fourth-order valence-electron chi connectivity index (χ4n) is 1.42. The molecule has 0 saturated heterocycles. The van der Waals surface area contributed by atoms with Crippen LogP contribution in [0.5, 0.6) is 0 Å². The van der Waals surface area contributed by atoms with Crippen molar-refractivity contribution in [2.75, 3.05) is 0 Å². The molecule has 1 unspecified atom stereocenters. The maximum absolute atomic E-state index is 10.5. The van der Waals surface area contributed by atoms with Crippen LogP contribution in [0.15, 0.2) is 0 Å². The van der Waals surface area contributed by atoms with Gasteiger partial charge < -0.3 is 4.55 Å². The Labute approximate surface area is 92.7 Å². The van der Waals surface area contributed by atoms with Gasteiger partial charge in [0.1, 0.15) is 0 Å². The van der Waals surface area contributed by atoms with Crippen molar-refractivity contribution in [3.05, 3.63) is 0 Å². The van der Waals surface area contributed by atoms with Crippen LogP contribution in [0.4, 0.5) is 0 Å². The molecule has 0 spiro atoms. The Balaban J connectivity index is 0.000001000. The van der Waals surface area contributed by atoms with E-state index in [2.05, 4.69) is 6.92 Å². The van der Waals surface area contributed by atoms with E-state index < -0.39 is 11.1 Å². The summed E-state index contributed by atoms with van der Waals surface area (Å²) in [6.45, 7) is 2.18. The number of hydrogen-bond donors (Lipinski definition) is 0. The molecule has 4 heteroatoms. The molecule has 0 heterocycles. The molecular formula is C7H13NaO2S. The molecule has 60 valence electrons. The Morgan fingerprint density at radius 3 is 2.09 bits per heavy atom. The van der Waals surface area contributed by atoms with Gasteiger partial charge in [0.25, 0.3) is 0 Å². The van der Waals surface area contributed by atoms with Crippen molar-refractivity contribution in [1.29, 1.82) is 0 Å². The van der Waals surface area contributed by atoms with Gasteiger partial charge in [-0.15, -0.1) is 0 Å². The molecule has 11 heavy (non-hydrogen) atoms. The Morgan fingerprint density at radius 2 is 1.73 bits per heavy atom. The number of rotatable bonds is 1. The number of hydrogen-bond acceptors (Lipinski definition) is 2. The maximum atomic E-state index is 10.5. The molecule has 0 aromatic carbocycles. The van der Waals surface area contributed by atoms with E-state index in [-0.39, 0.29) is 34.8 Å². The summed E-state index contributed by atoms with van der Waals surface area (Å²) in [6.07, 6.45) is 3.91. The third-order valence-corrected chi connectivity index (χ3v) is 3.25. The first-order chi connectivity index (χ1) is 4.70. The summed E-state index contributed by atoms with van der Waals surface area (Å²) in [5.74, 6) is 0.736. The molecule has 0 aliphatic heterocycles. The minimum absolute atomic E-state index is 0. The topological polar surface area (TPSA) is 40.1 Å². The van der Waals surface area contributed by atoms with E-state index in [4.69, 9.17) is 0 Å². The van der Waals surface area contributed by atoms with Crippen LogP contribution in [0.3, 0.4) is 0 Å². The van der Waals surface area contributed by atoms with Gasteiger partial charge in [0.15, 0.2) is 0 Å². The monoisotopic (exact) mass is 184 g/mol. The van der Waals surface area contributed by atoms with Crippen molar-refractivity contribution in [2.45, 2.75) is 37.9 Å². The van der Waals surface area contributed by atoms with Crippen LogP contribution >= 0.6 is 0 Å². The second-order valence-corrected chi connectivity index (χ2v) is 4.33. The molecule has 1 atom stereocenters. The standard InChI is InChI=1S/C7H14O2S.Na/c1-6-2-4-7(5-3-6)10(8)9;/h6-7H,2-5H2,1H3,(H,8,9);/q;+1/p-1. The zero-order chi connectivity index (χ0) is 7.56. The molecule has 0 radical (unpaired) electrons. The van der Waals surface area contributed by atoms with E-state index in [0.717, 1.165) is 31.6 Å². The van der Waals surface area contributed by atoms with E-state index >= 15 is 0 Å². The molecule has 0 aromatic heterocycles.